The maximum Gasteiger partial charge on any atom is 0.407 e. The minimum atomic E-state index is -0.516. The van der Waals surface area contributed by atoms with Crippen LogP contribution in [0.4, 0.5) is 4.79 Å². The molecule has 1 aliphatic rings. The van der Waals surface area contributed by atoms with Crippen molar-refractivity contribution in [2.75, 3.05) is 92.4 Å². The Kier molecular flexibility index (Phi) is 16.2. The fraction of sp³-hybridized carbons (Fsp3) is 0.576. The van der Waals surface area contributed by atoms with Crippen LogP contribution in [0.3, 0.4) is 0 Å². The van der Waals surface area contributed by atoms with Crippen LogP contribution in [0.5, 0.6) is 0 Å². The van der Waals surface area contributed by atoms with Crippen LogP contribution in [0.2, 0.25) is 0 Å². The zero-order valence-electron chi connectivity index (χ0n) is 26.2. The predicted molar refractivity (Wildman–Crippen MR) is 164 cm³/mol. The molecule has 0 bridgehead atoms. The van der Waals surface area contributed by atoms with Crippen LogP contribution in [-0.4, -0.2) is 110 Å². The lowest BCUT2D eigenvalue weighted by Crippen LogP contribution is -2.29. The summed E-state index contributed by atoms with van der Waals surface area (Å²) in [7, 11) is 0. The second-order valence-corrected chi connectivity index (χ2v) is 11.0. The molecule has 1 N–H and O–H groups in total. The Balaban J connectivity index is 1.05. The van der Waals surface area contributed by atoms with Gasteiger partial charge in [-0.3, -0.25) is 0 Å². The first-order chi connectivity index (χ1) is 21.3. The van der Waals surface area contributed by atoms with E-state index in [2.05, 4.69) is 29.6 Å². The average Bonchev–Trinajstić information content (AvgIpc) is 3.31. The SMILES string of the molecule is CC(C)(C)OC(=O)COCCOCCOCCOCCOCCOCCNC(=O)OCC1c2ccccc2-c2ccccc21. The molecular formula is C33H47NO10. The molecule has 0 atom stereocenters. The Hall–Kier alpha value is -3.06. The monoisotopic (exact) mass is 617 g/mol. The van der Waals surface area contributed by atoms with E-state index in [9.17, 15) is 9.59 Å². The Morgan fingerprint density at radius 3 is 1.55 bits per heavy atom. The number of hydrogen-bond donors (Lipinski definition) is 1. The number of benzene rings is 2. The van der Waals surface area contributed by atoms with Crippen LogP contribution < -0.4 is 5.32 Å². The van der Waals surface area contributed by atoms with Crippen molar-refractivity contribution in [1.82, 2.24) is 5.32 Å². The van der Waals surface area contributed by atoms with E-state index >= 15 is 0 Å². The number of alkyl carbamates (subject to hydrolysis) is 1. The van der Waals surface area contributed by atoms with E-state index in [4.69, 9.17) is 37.9 Å². The minimum absolute atomic E-state index is 0.0362. The first kappa shape index (κ1) is 35.4. The molecule has 0 saturated carbocycles. The van der Waals surface area contributed by atoms with Gasteiger partial charge in [0, 0.05) is 12.5 Å². The van der Waals surface area contributed by atoms with Crippen molar-refractivity contribution in [1.29, 1.82) is 0 Å². The van der Waals surface area contributed by atoms with Crippen molar-refractivity contribution in [2.24, 2.45) is 0 Å². The topological polar surface area (TPSA) is 120 Å². The summed E-state index contributed by atoms with van der Waals surface area (Å²) in [5.74, 6) is -0.355. The van der Waals surface area contributed by atoms with Crippen LogP contribution in [-0.2, 0) is 42.7 Å². The molecule has 2 aromatic carbocycles. The lowest BCUT2D eigenvalue weighted by Gasteiger charge is -2.19. The molecule has 0 saturated heterocycles. The number of carbonyl (C=O) groups is 2. The maximum absolute atomic E-state index is 12.2. The van der Waals surface area contributed by atoms with E-state index in [-0.39, 0.29) is 19.1 Å². The fourth-order valence-electron chi connectivity index (χ4n) is 4.50. The summed E-state index contributed by atoms with van der Waals surface area (Å²) in [5.41, 5.74) is 4.25. The van der Waals surface area contributed by atoms with E-state index in [1.54, 1.807) is 0 Å². The van der Waals surface area contributed by atoms with Gasteiger partial charge in [0.2, 0.25) is 0 Å². The molecule has 244 valence electrons. The van der Waals surface area contributed by atoms with Crippen molar-refractivity contribution in [2.45, 2.75) is 32.3 Å². The highest BCUT2D eigenvalue weighted by Crippen LogP contribution is 2.44. The number of amides is 1. The van der Waals surface area contributed by atoms with Gasteiger partial charge in [-0.25, -0.2) is 9.59 Å². The minimum Gasteiger partial charge on any atom is -0.458 e. The van der Waals surface area contributed by atoms with Gasteiger partial charge in [-0.15, -0.1) is 0 Å². The highest BCUT2D eigenvalue weighted by Gasteiger charge is 2.28. The zero-order valence-corrected chi connectivity index (χ0v) is 26.2. The van der Waals surface area contributed by atoms with Gasteiger partial charge in [0.05, 0.1) is 72.7 Å². The predicted octanol–water partition coefficient (Wildman–Crippen LogP) is 3.97. The molecule has 44 heavy (non-hydrogen) atoms. The van der Waals surface area contributed by atoms with E-state index in [1.165, 1.54) is 22.3 Å². The second-order valence-electron chi connectivity index (χ2n) is 11.0. The van der Waals surface area contributed by atoms with Crippen molar-refractivity contribution in [3.63, 3.8) is 0 Å². The Morgan fingerprint density at radius 2 is 1.07 bits per heavy atom. The van der Waals surface area contributed by atoms with E-state index in [1.807, 2.05) is 45.0 Å². The molecule has 1 amide bonds. The second kappa shape index (κ2) is 20.1. The van der Waals surface area contributed by atoms with Gasteiger partial charge >= 0.3 is 12.1 Å². The third kappa shape index (κ3) is 13.7. The molecule has 0 aromatic heterocycles. The molecule has 0 radical (unpaired) electrons. The van der Waals surface area contributed by atoms with Crippen molar-refractivity contribution in [3.8, 4) is 11.1 Å². The Labute approximate surface area is 260 Å². The quantitative estimate of drug-likeness (QED) is 0.154. The Morgan fingerprint density at radius 1 is 0.636 bits per heavy atom. The van der Waals surface area contributed by atoms with Gasteiger partial charge in [0.15, 0.2) is 0 Å². The molecule has 0 aliphatic heterocycles. The molecule has 0 unspecified atom stereocenters. The summed E-state index contributed by atoms with van der Waals surface area (Å²) in [4.78, 5) is 23.7. The summed E-state index contributed by atoms with van der Waals surface area (Å²) < 4.78 is 43.1. The maximum atomic E-state index is 12.2. The molecule has 2 aromatic rings. The smallest absolute Gasteiger partial charge is 0.407 e. The number of nitrogens with one attached hydrogen (secondary N) is 1. The summed E-state index contributed by atoms with van der Waals surface area (Å²) in [5, 5.41) is 2.73. The van der Waals surface area contributed by atoms with Gasteiger partial charge in [-0.1, -0.05) is 48.5 Å². The Bertz CT molecular complexity index is 1070. The fourth-order valence-corrected chi connectivity index (χ4v) is 4.50. The first-order valence-corrected chi connectivity index (χ1v) is 15.1. The van der Waals surface area contributed by atoms with E-state index in [0.29, 0.717) is 79.2 Å². The van der Waals surface area contributed by atoms with Crippen LogP contribution in [0, 0.1) is 0 Å². The number of hydrogen-bond acceptors (Lipinski definition) is 10. The van der Waals surface area contributed by atoms with Crippen molar-refractivity contribution < 1.29 is 47.5 Å². The molecule has 0 fully saturated rings. The number of rotatable bonds is 22. The van der Waals surface area contributed by atoms with Gasteiger partial charge in [0.25, 0.3) is 0 Å². The normalized spacial score (nSPS) is 12.5. The van der Waals surface area contributed by atoms with Crippen LogP contribution in [0.25, 0.3) is 11.1 Å². The molecule has 0 heterocycles. The summed E-state index contributed by atoms with van der Waals surface area (Å²) in [6, 6.07) is 16.5. The third-order valence-corrected chi connectivity index (χ3v) is 6.36. The molecule has 0 spiro atoms. The standard InChI is InChI=1S/C33H47NO10/c1-33(2,3)44-31(35)25-42-23-22-41-21-20-40-19-18-39-17-16-38-15-14-37-13-12-34-32(36)43-24-30-28-10-6-4-8-26(28)27-9-5-7-11-29(27)30/h4-11,30H,12-25H2,1-3H3,(H,34,36). The molecule has 11 nitrogen and oxygen atoms in total. The van der Waals surface area contributed by atoms with Crippen molar-refractivity contribution in [3.05, 3.63) is 59.7 Å². The number of carbonyl (C=O) groups excluding carboxylic acids is 2. The molecule has 11 heteroatoms. The molecular weight excluding hydrogens is 570 g/mol. The van der Waals surface area contributed by atoms with E-state index in [0.717, 1.165) is 0 Å². The highest BCUT2D eigenvalue weighted by molar-refractivity contribution is 5.79. The van der Waals surface area contributed by atoms with E-state index < -0.39 is 17.7 Å². The van der Waals surface area contributed by atoms with Gasteiger partial charge in [-0.05, 0) is 43.0 Å². The van der Waals surface area contributed by atoms with Crippen molar-refractivity contribution >= 4 is 12.1 Å². The van der Waals surface area contributed by atoms with Crippen LogP contribution in [0.1, 0.15) is 37.8 Å². The summed E-state index contributed by atoms with van der Waals surface area (Å²) in [6.07, 6.45) is -0.456. The summed E-state index contributed by atoms with van der Waals surface area (Å²) in [6.45, 7) is 10.6. The third-order valence-electron chi connectivity index (χ3n) is 6.36. The summed E-state index contributed by atoms with van der Waals surface area (Å²) >= 11 is 0. The first-order valence-electron chi connectivity index (χ1n) is 15.1. The van der Waals surface area contributed by atoms with Gasteiger partial charge in [-0.2, -0.15) is 0 Å². The largest absolute Gasteiger partial charge is 0.458 e. The molecule has 1 aliphatic carbocycles. The average molecular weight is 618 g/mol. The van der Waals surface area contributed by atoms with Crippen LogP contribution >= 0.6 is 0 Å². The zero-order chi connectivity index (χ0) is 31.5. The van der Waals surface area contributed by atoms with Gasteiger partial charge < -0.3 is 43.2 Å². The lowest BCUT2D eigenvalue weighted by atomic mass is 9.98. The lowest BCUT2D eigenvalue weighted by molar-refractivity contribution is -0.160. The number of ether oxygens (including phenoxy) is 8. The number of fused-ring (bicyclic) bond motifs is 3. The van der Waals surface area contributed by atoms with Crippen LogP contribution in [0.15, 0.2) is 48.5 Å². The number of esters is 1. The van der Waals surface area contributed by atoms with Gasteiger partial charge in [0.1, 0.15) is 18.8 Å². The molecule has 3 rings (SSSR count). The highest BCUT2D eigenvalue weighted by atomic mass is 16.6.